The third kappa shape index (κ3) is 4.32. The highest BCUT2D eigenvalue weighted by atomic mass is 16.3. The Labute approximate surface area is 123 Å². The van der Waals surface area contributed by atoms with Crippen LogP contribution in [0.2, 0.25) is 0 Å². The molecule has 0 saturated heterocycles. The molecule has 0 atom stereocenters. The molecule has 0 fully saturated rings. The van der Waals surface area contributed by atoms with Gasteiger partial charge in [-0.15, -0.1) is 0 Å². The van der Waals surface area contributed by atoms with Gasteiger partial charge < -0.3 is 15.7 Å². The summed E-state index contributed by atoms with van der Waals surface area (Å²) in [6.07, 6.45) is 0. The average Bonchev–Trinajstić information content (AvgIpc) is 2.75. The Bertz CT molecular complexity index is 622. The van der Waals surface area contributed by atoms with E-state index in [1.807, 2.05) is 48.9 Å². The molecule has 0 aliphatic heterocycles. The normalized spacial score (nSPS) is 10.4. The number of nitrogens with one attached hydrogen (secondary N) is 2. The van der Waals surface area contributed by atoms with E-state index in [2.05, 4.69) is 15.7 Å². The highest BCUT2D eigenvalue weighted by molar-refractivity contribution is 5.89. The van der Waals surface area contributed by atoms with E-state index in [-0.39, 0.29) is 19.2 Å². The monoisotopic (exact) mass is 288 g/mol. The van der Waals surface area contributed by atoms with Crippen LogP contribution in [0.3, 0.4) is 0 Å². The second-order valence-electron chi connectivity index (χ2n) is 4.89. The van der Waals surface area contributed by atoms with Gasteiger partial charge in [-0.2, -0.15) is 5.10 Å². The number of anilines is 1. The summed E-state index contributed by atoms with van der Waals surface area (Å²) in [5, 5.41) is 18.4. The minimum atomic E-state index is -0.327. The number of hydrogen-bond acceptors (Lipinski definition) is 3. The Morgan fingerprint density at radius 3 is 2.81 bits per heavy atom. The highest BCUT2D eigenvalue weighted by Crippen LogP contribution is 2.13. The molecule has 2 rings (SSSR count). The van der Waals surface area contributed by atoms with Crippen LogP contribution in [-0.4, -0.2) is 34.1 Å². The molecule has 6 nitrogen and oxygen atoms in total. The van der Waals surface area contributed by atoms with E-state index in [1.165, 1.54) is 0 Å². The van der Waals surface area contributed by atoms with Crippen LogP contribution in [0.1, 0.15) is 17.0 Å². The van der Waals surface area contributed by atoms with Crippen molar-refractivity contribution in [3.05, 3.63) is 47.3 Å². The van der Waals surface area contributed by atoms with E-state index >= 15 is 0 Å². The summed E-state index contributed by atoms with van der Waals surface area (Å²) in [6.45, 7) is 4.80. The number of aryl methyl sites for hydroxylation is 2. The summed E-state index contributed by atoms with van der Waals surface area (Å²) < 4.78 is 1.93. The highest BCUT2D eigenvalue weighted by Gasteiger charge is 2.04. The van der Waals surface area contributed by atoms with Crippen molar-refractivity contribution in [2.45, 2.75) is 20.4 Å². The molecule has 0 saturated carbocycles. The Morgan fingerprint density at radius 2 is 2.14 bits per heavy atom. The number of aliphatic hydroxyl groups excluding tert-OH is 1. The number of aromatic nitrogens is 2. The topological polar surface area (TPSA) is 79.2 Å². The third-order valence-electron chi connectivity index (χ3n) is 3.02. The van der Waals surface area contributed by atoms with E-state index in [0.29, 0.717) is 12.2 Å². The van der Waals surface area contributed by atoms with Crippen LogP contribution in [0.25, 0.3) is 0 Å². The summed E-state index contributed by atoms with van der Waals surface area (Å²) in [4.78, 5) is 11.5. The second kappa shape index (κ2) is 6.90. The number of benzene rings is 1. The lowest BCUT2D eigenvalue weighted by Crippen LogP contribution is -2.30. The zero-order chi connectivity index (χ0) is 15.2. The van der Waals surface area contributed by atoms with E-state index in [0.717, 1.165) is 17.0 Å². The van der Waals surface area contributed by atoms with Crippen LogP contribution in [0.5, 0.6) is 0 Å². The summed E-state index contributed by atoms with van der Waals surface area (Å²) >= 11 is 0. The van der Waals surface area contributed by atoms with Gasteiger partial charge in [0, 0.05) is 17.9 Å². The molecule has 0 radical (unpaired) electrons. The number of carbonyl (C=O) groups excluding carboxylic acids is 1. The Hall–Kier alpha value is -2.34. The summed E-state index contributed by atoms with van der Waals surface area (Å²) in [5.41, 5.74) is 3.86. The first kappa shape index (κ1) is 15.1. The molecule has 1 aromatic carbocycles. The summed E-state index contributed by atoms with van der Waals surface area (Å²) in [6, 6.07) is 9.32. The van der Waals surface area contributed by atoms with Gasteiger partial charge in [-0.25, -0.2) is 4.79 Å². The number of carbonyl (C=O) groups is 1. The van der Waals surface area contributed by atoms with Gasteiger partial charge >= 0.3 is 6.03 Å². The molecule has 6 heteroatoms. The van der Waals surface area contributed by atoms with Crippen molar-refractivity contribution in [2.75, 3.05) is 18.5 Å². The van der Waals surface area contributed by atoms with Crippen LogP contribution in [0.15, 0.2) is 30.3 Å². The lowest BCUT2D eigenvalue weighted by atomic mass is 10.2. The first-order chi connectivity index (χ1) is 10.1. The van der Waals surface area contributed by atoms with Crippen molar-refractivity contribution in [2.24, 2.45) is 0 Å². The number of amides is 2. The summed E-state index contributed by atoms with van der Waals surface area (Å²) in [7, 11) is 0. The maximum atomic E-state index is 11.5. The molecular formula is C15H20N4O2. The zero-order valence-corrected chi connectivity index (χ0v) is 12.3. The average molecular weight is 288 g/mol. The fourth-order valence-corrected chi connectivity index (χ4v) is 2.10. The van der Waals surface area contributed by atoms with Crippen LogP contribution >= 0.6 is 0 Å². The number of rotatable bonds is 5. The molecule has 2 aromatic rings. The molecule has 0 aliphatic carbocycles. The number of urea groups is 1. The predicted octanol–water partition coefficient (Wildman–Crippen LogP) is 1.66. The molecule has 0 bridgehead atoms. The SMILES string of the molecule is Cc1cc(C)n(Cc2cccc(NC(=O)NCCO)c2)n1. The Morgan fingerprint density at radius 1 is 1.33 bits per heavy atom. The van der Waals surface area contributed by atoms with Gasteiger partial charge in [0.05, 0.1) is 18.8 Å². The maximum absolute atomic E-state index is 11.5. The molecule has 1 aromatic heterocycles. The molecule has 0 unspecified atom stereocenters. The van der Waals surface area contributed by atoms with Crippen molar-refractivity contribution in [3.8, 4) is 0 Å². The number of aliphatic hydroxyl groups is 1. The predicted molar refractivity (Wildman–Crippen MR) is 81.4 cm³/mol. The van der Waals surface area contributed by atoms with Gasteiger partial charge in [-0.05, 0) is 37.6 Å². The molecule has 0 spiro atoms. The lowest BCUT2D eigenvalue weighted by Gasteiger charge is -2.09. The Balaban J connectivity index is 2.04. The van der Waals surface area contributed by atoms with E-state index in [4.69, 9.17) is 5.11 Å². The van der Waals surface area contributed by atoms with E-state index < -0.39 is 0 Å². The molecular weight excluding hydrogens is 268 g/mol. The van der Waals surface area contributed by atoms with Crippen LogP contribution < -0.4 is 10.6 Å². The molecule has 2 amide bonds. The van der Waals surface area contributed by atoms with Crippen molar-refractivity contribution < 1.29 is 9.90 Å². The minimum Gasteiger partial charge on any atom is -0.395 e. The smallest absolute Gasteiger partial charge is 0.319 e. The number of nitrogens with zero attached hydrogens (tertiary/aromatic N) is 2. The zero-order valence-electron chi connectivity index (χ0n) is 12.3. The molecule has 0 aliphatic rings. The van der Waals surface area contributed by atoms with Gasteiger partial charge in [0.15, 0.2) is 0 Å². The van der Waals surface area contributed by atoms with Crippen LogP contribution in [0.4, 0.5) is 10.5 Å². The van der Waals surface area contributed by atoms with Crippen LogP contribution in [-0.2, 0) is 6.54 Å². The van der Waals surface area contributed by atoms with Gasteiger partial charge in [0.2, 0.25) is 0 Å². The number of hydrogen-bond donors (Lipinski definition) is 3. The third-order valence-corrected chi connectivity index (χ3v) is 3.02. The van der Waals surface area contributed by atoms with Gasteiger partial charge in [0.1, 0.15) is 0 Å². The molecule has 1 heterocycles. The first-order valence-electron chi connectivity index (χ1n) is 6.84. The minimum absolute atomic E-state index is 0.0780. The van der Waals surface area contributed by atoms with Crippen molar-refractivity contribution in [1.82, 2.24) is 15.1 Å². The van der Waals surface area contributed by atoms with Crippen molar-refractivity contribution >= 4 is 11.7 Å². The second-order valence-corrected chi connectivity index (χ2v) is 4.89. The maximum Gasteiger partial charge on any atom is 0.319 e. The van der Waals surface area contributed by atoms with Crippen molar-refractivity contribution in [3.63, 3.8) is 0 Å². The van der Waals surface area contributed by atoms with Gasteiger partial charge in [0.25, 0.3) is 0 Å². The fourth-order valence-electron chi connectivity index (χ4n) is 2.10. The van der Waals surface area contributed by atoms with Gasteiger partial charge in [-0.1, -0.05) is 12.1 Å². The quantitative estimate of drug-likeness (QED) is 0.783. The van der Waals surface area contributed by atoms with Crippen molar-refractivity contribution in [1.29, 1.82) is 0 Å². The van der Waals surface area contributed by atoms with Gasteiger partial charge in [-0.3, -0.25) is 4.68 Å². The largest absolute Gasteiger partial charge is 0.395 e. The Kier molecular flexibility index (Phi) is 4.94. The molecule has 112 valence electrons. The van der Waals surface area contributed by atoms with E-state index in [1.54, 1.807) is 0 Å². The fraction of sp³-hybridized carbons (Fsp3) is 0.333. The lowest BCUT2D eigenvalue weighted by molar-refractivity contribution is 0.245. The molecule has 3 N–H and O–H groups in total. The van der Waals surface area contributed by atoms with Crippen LogP contribution in [0, 0.1) is 13.8 Å². The standard InChI is InChI=1S/C15H20N4O2/c1-11-8-12(2)19(18-11)10-13-4-3-5-14(9-13)17-15(21)16-6-7-20/h3-5,8-9,20H,6-7,10H2,1-2H3,(H2,16,17,21). The molecule has 21 heavy (non-hydrogen) atoms. The van der Waals surface area contributed by atoms with E-state index in [9.17, 15) is 4.79 Å². The summed E-state index contributed by atoms with van der Waals surface area (Å²) in [5.74, 6) is 0. The first-order valence-corrected chi connectivity index (χ1v) is 6.84.